The van der Waals surface area contributed by atoms with E-state index in [9.17, 15) is 0 Å². The van der Waals surface area contributed by atoms with Gasteiger partial charge in [-0.1, -0.05) is 60.7 Å². The van der Waals surface area contributed by atoms with Crippen LogP contribution in [-0.4, -0.2) is 29.0 Å². The fourth-order valence-electron chi connectivity index (χ4n) is 3.41. The molecular weight excluding hydrogens is 350 g/mol. The van der Waals surface area contributed by atoms with E-state index in [2.05, 4.69) is 64.5 Å². The zero-order valence-corrected chi connectivity index (χ0v) is 15.5. The maximum Gasteiger partial charge on any atom is 0.123 e. The highest BCUT2D eigenvalue weighted by Gasteiger charge is 2.31. The van der Waals surface area contributed by atoms with Gasteiger partial charge in [0.25, 0.3) is 0 Å². The molecule has 0 aliphatic carbocycles. The van der Waals surface area contributed by atoms with Gasteiger partial charge in [0, 0.05) is 48.2 Å². The van der Waals surface area contributed by atoms with Gasteiger partial charge in [0.05, 0.1) is 0 Å². The molecular formula is C20H22ClN3S. The lowest BCUT2D eigenvalue weighted by Gasteiger charge is -2.15. The van der Waals surface area contributed by atoms with Crippen LogP contribution in [0.3, 0.4) is 0 Å². The molecule has 1 saturated heterocycles. The molecule has 3 aromatic rings. The van der Waals surface area contributed by atoms with Crippen molar-refractivity contribution in [1.82, 2.24) is 9.88 Å². The van der Waals surface area contributed by atoms with E-state index < -0.39 is 0 Å². The third-order valence-corrected chi connectivity index (χ3v) is 5.65. The first-order valence-corrected chi connectivity index (χ1v) is 9.14. The number of aromatic nitrogens is 1. The summed E-state index contributed by atoms with van der Waals surface area (Å²) in [7, 11) is 0. The molecule has 0 saturated carbocycles. The molecule has 0 unspecified atom stereocenters. The molecule has 3 nitrogen and oxygen atoms in total. The van der Waals surface area contributed by atoms with Crippen LogP contribution in [0.4, 0.5) is 0 Å². The molecule has 4 rings (SSSR count). The molecule has 2 heterocycles. The lowest BCUT2D eigenvalue weighted by atomic mass is 9.95. The predicted octanol–water partition coefficient (Wildman–Crippen LogP) is 4.16. The summed E-state index contributed by atoms with van der Waals surface area (Å²) in [4.78, 5) is 8.34. The number of nitrogens with zero attached hydrogens (tertiary/aromatic N) is 2. The van der Waals surface area contributed by atoms with E-state index in [1.807, 2.05) is 12.3 Å². The summed E-state index contributed by atoms with van der Waals surface area (Å²) in [6.07, 6.45) is 2.01. The van der Waals surface area contributed by atoms with E-state index in [1.165, 1.54) is 16.0 Å². The van der Waals surface area contributed by atoms with E-state index in [0.717, 1.165) is 24.6 Å². The minimum Gasteiger partial charge on any atom is -0.326 e. The molecule has 5 heteroatoms. The van der Waals surface area contributed by atoms with Crippen molar-refractivity contribution in [3.8, 4) is 10.6 Å². The predicted molar refractivity (Wildman–Crippen MR) is 107 cm³/mol. The summed E-state index contributed by atoms with van der Waals surface area (Å²) in [5, 5.41) is 1.09. The Bertz CT molecular complexity index is 791. The highest BCUT2D eigenvalue weighted by molar-refractivity contribution is 7.15. The second kappa shape index (κ2) is 8.11. The Morgan fingerprint density at radius 3 is 2.40 bits per heavy atom. The zero-order chi connectivity index (χ0) is 16.4. The van der Waals surface area contributed by atoms with Gasteiger partial charge in [0.2, 0.25) is 0 Å². The molecule has 1 aliphatic rings. The van der Waals surface area contributed by atoms with Gasteiger partial charge in [-0.3, -0.25) is 4.90 Å². The molecule has 25 heavy (non-hydrogen) atoms. The average molecular weight is 372 g/mol. The van der Waals surface area contributed by atoms with Crippen LogP contribution in [0.15, 0.2) is 66.9 Å². The third-order valence-electron chi connectivity index (χ3n) is 4.62. The van der Waals surface area contributed by atoms with Gasteiger partial charge >= 0.3 is 0 Å². The normalized spacial score (nSPS) is 20.4. The number of thiazole rings is 1. The molecule has 0 bridgehead atoms. The Hall–Kier alpha value is -1.72. The molecule has 0 radical (unpaired) electrons. The smallest absolute Gasteiger partial charge is 0.123 e. The van der Waals surface area contributed by atoms with Crippen molar-refractivity contribution in [2.24, 2.45) is 5.73 Å². The number of benzene rings is 2. The first kappa shape index (κ1) is 18.1. The molecule has 0 amide bonds. The quantitative estimate of drug-likeness (QED) is 0.748. The van der Waals surface area contributed by atoms with Crippen molar-refractivity contribution >= 4 is 23.7 Å². The van der Waals surface area contributed by atoms with Crippen molar-refractivity contribution in [2.45, 2.75) is 18.5 Å². The minimum absolute atomic E-state index is 0. The first-order chi connectivity index (χ1) is 11.8. The maximum absolute atomic E-state index is 6.40. The Balaban J connectivity index is 0.00000182. The fraction of sp³-hybridized carbons (Fsp3) is 0.250. The van der Waals surface area contributed by atoms with E-state index >= 15 is 0 Å². The van der Waals surface area contributed by atoms with Gasteiger partial charge in [-0.25, -0.2) is 4.98 Å². The van der Waals surface area contributed by atoms with E-state index in [-0.39, 0.29) is 18.4 Å². The van der Waals surface area contributed by atoms with Gasteiger partial charge in [-0.15, -0.1) is 23.7 Å². The Labute approximate surface area is 158 Å². The summed E-state index contributed by atoms with van der Waals surface area (Å²) in [5.74, 6) is 0.424. The third kappa shape index (κ3) is 4.10. The van der Waals surface area contributed by atoms with Crippen LogP contribution in [0.25, 0.3) is 10.6 Å². The Morgan fingerprint density at radius 2 is 1.68 bits per heavy atom. The summed E-state index contributed by atoms with van der Waals surface area (Å²) in [5.41, 5.74) is 8.94. The summed E-state index contributed by atoms with van der Waals surface area (Å²) in [6.45, 7) is 2.89. The summed E-state index contributed by atoms with van der Waals surface area (Å²) >= 11 is 1.78. The number of likely N-dealkylation sites (tertiary alicyclic amines) is 1. The standard InChI is InChI=1S/C20H21N3S.ClH/c21-19-14-23(13-18(19)15-7-3-1-4-8-15)12-17-11-22-20(24-17)16-9-5-2-6-10-16;/h1-11,18-19H,12-14,21H2;1H/t18-,19+;/m0./s1. The van der Waals surface area contributed by atoms with Crippen molar-refractivity contribution in [3.05, 3.63) is 77.3 Å². The van der Waals surface area contributed by atoms with Gasteiger partial charge < -0.3 is 5.73 Å². The minimum atomic E-state index is 0. The van der Waals surface area contributed by atoms with Crippen LogP contribution in [0.1, 0.15) is 16.4 Å². The number of rotatable bonds is 4. The largest absolute Gasteiger partial charge is 0.326 e. The molecule has 1 aromatic heterocycles. The summed E-state index contributed by atoms with van der Waals surface area (Å²) in [6, 6.07) is 21.2. The van der Waals surface area contributed by atoms with Crippen LogP contribution >= 0.6 is 23.7 Å². The monoisotopic (exact) mass is 371 g/mol. The van der Waals surface area contributed by atoms with Crippen LogP contribution in [0.2, 0.25) is 0 Å². The van der Waals surface area contributed by atoms with Crippen LogP contribution in [-0.2, 0) is 6.54 Å². The first-order valence-electron chi connectivity index (χ1n) is 8.32. The van der Waals surface area contributed by atoms with Crippen molar-refractivity contribution in [2.75, 3.05) is 13.1 Å². The van der Waals surface area contributed by atoms with Crippen molar-refractivity contribution < 1.29 is 0 Å². The molecule has 1 aliphatic heterocycles. The number of nitrogens with two attached hydrogens (primary N) is 1. The Kier molecular flexibility index (Phi) is 5.86. The van der Waals surface area contributed by atoms with Crippen molar-refractivity contribution in [1.29, 1.82) is 0 Å². The van der Waals surface area contributed by atoms with E-state index in [4.69, 9.17) is 5.73 Å². The average Bonchev–Trinajstić information content (AvgIpc) is 3.23. The summed E-state index contributed by atoms with van der Waals surface area (Å²) < 4.78 is 0. The Morgan fingerprint density at radius 1 is 1.00 bits per heavy atom. The number of halogens is 1. The van der Waals surface area contributed by atoms with Crippen LogP contribution < -0.4 is 5.73 Å². The second-order valence-corrected chi connectivity index (χ2v) is 7.49. The zero-order valence-electron chi connectivity index (χ0n) is 13.9. The van der Waals surface area contributed by atoms with Gasteiger partial charge in [-0.2, -0.15) is 0 Å². The topological polar surface area (TPSA) is 42.1 Å². The lowest BCUT2D eigenvalue weighted by molar-refractivity contribution is 0.326. The highest BCUT2D eigenvalue weighted by atomic mass is 35.5. The highest BCUT2D eigenvalue weighted by Crippen LogP contribution is 2.30. The second-order valence-electron chi connectivity index (χ2n) is 6.37. The molecule has 1 fully saturated rings. The fourth-order valence-corrected chi connectivity index (χ4v) is 4.37. The molecule has 2 aromatic carbocycles. The maximum atomic E-state index is 6.40. The molecule has 2 atom stereocenters. The van der Waals surface area contributed by atoms with Crippen LogP contribution in [0, 0.1) is 0 Å². The molecule has 2 N–H and O–H groups in total. The number of hydrogen-bond acceptors (Lipinski definition) is 4. The van der Waals surface area contributed by atoms with Gasteiger partial charge in [0.1, 0.15) is 5.01 Å². The molecule has 0 spiro atoms. The SMILES string of the molecule is Cl.N[C@@H]1CN(Cc2cnc(-c3ccccc3)s2)C[C@H]1c1ccccc1. The van der Waals surface area contributed by atoms with Crippen molar-refractivity contribution in [3.63, 3.8) is 0 Å². The van der Waals surface area contributed by atoms with E-state index in [1.54, 1.807) is 11.3 Å². The van der Waals surface area contributed by atoms with Crippen LogP contribution in [0.5, 0.6) is 0 Å². The van der Waals surface area contributed by atoms with Gasteiger partial charge in [-0.05, 0) is 5.56 Å². The van der Waals surface area contributed by atoms with Gasteiger partial charge in [0.15, 0.2) is 0 Å². The lowest BCUT2D eigenvalue weighted by Crippen LogP contribution is -2.28. The molecule has 130 valence electrons. The number of hydrogen-bond donors (Lipinski definition) is 1. The van der Waals surface area contributed by atoms with E-state index in [0.29, 0.717) is 5.92 Å².